The molecule has 36 N–H and O–H groups in total. The van der Waals surface area contributed by atoms with Crippen molar-refractivity contribution < 1.29 is 122 Å². The first kappa shape index (κ1) is 100. The summed E-state index contributed by atoms with van der Waals surface area (Å²) in [5, 5.41) is 118. The van der Waals surface area contributed by atoms with E-state index in [4.69, 9.17) is 125 Å². The first-order valence-corrected chi connectivity index (χ1v) is 42.6. The molecule has 122 heavy (non-hydrogen) atoms. The fourth-order valence-corrected chi connectivity index (χ4v) is 18.3. The third kappa shape index (κ3) is 22.7. The fraction of sp³-hybridized carbons (Fsp3) is 0.872. The number of pyridine rings is 1. The SMILES string of the molecule is CC1COc2c(N3CCN(C)CC3)c(F)cc3c(=O)c(C(=O)O)cn1c23.CNC(C)[C@@H]1CC[C@@H](N)[C@@H](O[C@H]2[C@H](O)[C@@H](O[C@H]3OC[C@](C)(O)[C@H](NC)[C@H]3O)[C@H](N)C[C@@H]2N)O1.CN[C@@H]1[C@@H](O)[C@@H](O[C@@H]2[C@@H](O)[C@H](O[C@H]3O[C@H](C(C)N)CC[C@H]3N)[C@@H](N)C[C@H]2N)OC[C@]1(C)O.CN[C@@H]1[C@@H](O)[C@@H](O[C@@H]2[C@@H](O)[C@H](O[C@H]3O[C@H](CN)CC[C@H]3N)[C@@H](N)C[C@H]2N)OC[C@]1(C)O. The van der Waals surface area contributed by atoms with Crippen LogP contribution in [0.2, 0.25) is 0 Å². The van der Waals surface area contributed by atoms with Crippen LogP contribution in [-0.4, -0.2) is 392 Å². The number of ether oxygens (including phenoxy) is 13. The van der Waals surface area contributed by atoms with Crippen molar-refractivity contribution in [1.82, 2.24) is 30.7 Å². The van der Waals surface area contributed by atoms with Crippen molar-refractivity contribution in [3.8, 4) is 5.75 Å². The Balaban J connectivity index is 0.000000171. The van der Waals surface area contributed by atoms with Crippen molar-refractivity contribution in [3.63, 3.8) is 0 Å². The number of likely N-dealkylation sites (N-methyl/N-ethyl adjacent to an activating group) is 5. The Morgan fingerprint density at radius 3 is 1.27 bits per heavy atom. The number of aromatic nitrogens is 1. The molecule has 702 valence electrons. The van der Waals surface area contributed by atoms with Gasteiger partial charge in [-0.25, -0.2) is 9.18 Å². The van der Waals surface area contributed by atoms with Crippen LogP contribution in [0.15, 0.2) is 17.1 Å². The summed E-state index contributed by atoms with van der Waals surface area (Å²) in [5.41, 5.74) is 63.6. The van der Waals surface area contributed by atoms with Crippen LogP contribution >= 0.6 is 0 Å². The molecule has 39 atom stereocenters. The Morgan fingerprint density at radius 1 is 0.549 bits per heavy atom. The molecule has 44 heteroatoms. The minimum Gasteiger partial charge on any atom is -0.487 e. The molecule has 10 fully saturated rings. The summed E-state index contributed by atoms with van der Waals surface area (Å²) in [4.78, 5) is 28.1. The Kier molecular flexibility index (Phi) is 35.0. The predicted octanol–water partition coefficient (Wildman–Crippen LogP) is -9.35. The molecule has 2 aromatic rings. The van der Waals surface area contributed by atoms with E-state index in [0.717, 1.165) is 38.4 Å². The third-order valence-corrected chi connectivity index (χ3v) is 25.8. The molecule has 3 unspecified atom stereocenters. The molecule has 13 rings (SSSR count). The molecule has 9 heterocycles. The van der Waals surface area contributed by atoms with Gasteiger partial charge in [-0.3, -0.25) is 4.79 Å². The number of nitrogens with two attached hydrogens (primary N) is 11. The van der Waals surface area contributed by atoms with Gasteiger partial charge in [0.2, 0.25) is 5.43 Å². The second-order valence-corrected chi connectivity index (χ2v) is 35.7. The number of anilines is 1. The van der Waals surface area contributed by atoms with Gasteiger partial charge in [0, 0.05) is 87.3 Å². The third-order valence-electron chi connectivity index (χ3n) is 25.8. The molecule has 43 nitrogen and oxygen atoms in total. The van der Waals surface area contributed by atoms with E-state index in [1.165, 1.54) is 6.20 Å². The molecule has 1 aromatic heterocycles. The van der Waals surface area contributed by atoms with Gasteiger partial charge in [-0.1, -0.05) is 0 Å². The van der Waals surface area contributed by atoms with E-state index >= 15 is 0 Å². The summed E-state index contributed by atoms with van der Waals surface area (Å²) < 4.78 is 93.0. The summed E-state index contributed by atoms with van der Waals surface area (Å²) in [6, 6.07) is -5.84. The molecular formula is C78H143FN18O25. The van der Waals surface area contributed by atoms with E-state index in [2.05, 4.69) is 26.2 Å². The summed E-state index contributed by atoms with van der Waals surface area (Å²) in [5.74, 6) is -1.54. The number of piperazine rings is 1. The van der Waals surface area contributed by atoms with Gasteiger partial charge < -0.3 is 211 Å². The van der Waals surface area contributed by atoms with Crippen LogP contribution in [0.1, 0.15) is 116 Å². The lowest BCUT2D eigenvalue weighted by Crippen LogP contribution is -2.68. The molecule has 0 bridgehead atoms. The van der Waals surface area contributed by atoms with Crippen LogP contribution in [0.5, 0.6) is 5.75 Å². The van der Waals surface area contributed by atoms with Gasteiger partial charge >= 0.3 is 5.97 Å². The van der Waals surface area contributed by atoms with Crippen molar-refractivity contribution in [2.75, 3.05) is 99.3 Å². The second kappa shape index (κ2) is 42.7. The highest BCUT2D eigenvalue weighted by Crippen LogP contribution is 2.43. The summed E-state index contributed by atoms with van der Waals surface area (Å²) in [6.07, 6.45) is -11.9. The lowest BCUT2D eigenvalue weighted by atomic mass is 9.84. The van der Waals surface area contributed by atoms with Crippen LogP contribution in [0, 0.1) is 5.82 Å². The average Bonchev–Trinajstić information content (AvgIpc) is 0.728. The van der Waals surface area contributed by atoms with E-state index < -0.39 is 199 Å². The number of aliphatic hydroxyl groups is 9. The van der Waals surface area contributed by atoms with Gasteiger partial charge in [-0.15, -0.1) is 0 Å². The van der Waals surface area contributed by atoms with Gasteiger partial charge in [0.25, 0.3) is 0 Å². The standard InChI is InChI=1S/C21H43N5O7.C20H41N5O7.C19H39N5O7.C18H20FN3O4/c1-9(25-3)13-6-5-10(22)19(31-13)32-16-11(23)7-12(24)17(14(16)27)33-20-15(28)18(26-4)21(2,29)8-30-20;1-8(21)12-5-4-9(22)18(30-12)31-15-10(23)6-11(24)16(13(15)26)32-19-14(27)17(25-3)20(2,28)7-29-19;1-19(27)7-28-18(13(26)16(19)24-2)31-15-11(23)5-10(22)14(12(15)25)30-17-9(21)4-3-8(6-20)29-17;1-10-9-26-17-14-11(16(23)12(18(24)25)8-22(10)14)7-13(19)15(17)21-5-3-20(2)4-6-21/h9-20,25-29H,5-8,22-24H2,1-4H3;8-19,25-28H,4-7,21-24H2,1-3H3;8-18,24-27H,3-7,20-23H2,1-2H3;7-8,10H,3-6,9H2,1-2H3,(H,24,25)/t9?,10-,11+,12-,13+,14+,15-,16-,17+,18-,19-,20-,21+;8?,9-,10+,11-,12+,13+,14-,15-,16+,17-,18-,19-,20+;8-,9+,10-,11+,12-,13+,14+,15-,16+,17+,18+,19-;/m110./s1. The fourth-order valence-electron chi connectivity index (χ4n) is 18.3. The highest BCUT2D eigenvalue weighted by atomic mass is 19.1. The molecule has 8 aliphatic heterocycles. The number of carboxylic acid groups (broad SMARTS) is 1. The number of benzene rings is 1. The van der Waals surface area contributed by atoms with E-state index in [1.807, 2.05) is 39.8 Å². The summed E-state index contributed by atoms with van der Waals surface area (Å²) in [6.45, 7) is 13.8. The maximum atomic E-state index is 15.0. The maximum Gasteiger partial charge on any atom is 0.341 e. The summed E-state index contributed by atoms with van der Waals surface area (Å²) in [7, 11) is 8.75. The number of carbonyl (C=O) groups is 1. The average molecular weight is 1750 g/mol. The molecule has 1 aromatic carbocycles. The van der Waals surface area contributed by atoms with Crippen molar-refractivity contribution in [2.45, 2.75) is 336 Å². The van der Waals surface area contributed by atoms with Crippen LogP contribution < -0.4 is 99.4 Å². The van der Waals surface area contributed by atoms with Gasteiger partial charge in [0.15, 0.2) is 49.3 Å². The number of halogens is 1. The van der Waals surface area contributed by atoms with Gasteiger partial charge in [-0.05, 0) is 141 Å². The minimum absolute atomic E-state index is 0.0434. The van der Waals surface area contributed by atoms with Gasteiger partial charge in [0.1, 0.15) is 108 Å². The lowest BCUT2D eigenvalue weighted by Gasteiger charge is -2.48. The normalized spacial score (nSPS) is 44.5. The first-order chi connectivity index (χ1) is 57.4. The van der Waals surface area contributed by atoms with Crippen LogP contribution in [-0.2, 0) is 56.8 Å². The molecule has 3 aliphatic carbocycles. The number of rotatable bonds is 21. The van der Waals surface area contributed by atoms with Crippen molar-refractivity contribution in [1.29, 1.82) is 0 Å². The molecule has 0 radical (unpaired) electrons. The smallest absolute Gasteiger partial charge is 0.341 e. The van der Waals surface area contributed by atoms with E-state index in [0.29, 0.717) is 75.1 Å². The molecule has 0 spiro atoms. The molecule has 3 saturated carbocycles. The minimum atomic E-state index is -1.32. The van der Waals surface area contributed by atoms with E-state index in [9.17, 15) is 65.0 Å². The predicted molar refractivity (Wildman–Crippen MR) is 440 cm³/mol. The number of aromatic carboxylic acids is 1. The highest BCUT2D eigenvalue weighted by Gasteiger charge is 2.56. The number of hydrogen-bond donors (Lipinski definition) is 25. The number of nitrogens with zero attached hydrogens (tertiary/aromatic N) is 3. The van der Waals surface area contributed by atoms with Crippen LogP contribution in [0.4, 0.5) is 10.1 Å². The second-order valence-electron chi connectivity index (χ2n) is 35.7. The Bertz CT molecular complexity index is 3710. The molecule has 7 saturated heterocycles. The highest BCUT2D eigenvalue weighted by molar-refractivity contribution is 5.97. The van der Waals surface area contributed by atoms with Crippen molar-refractivity contribution >= 4 is 22.6 Å². The van der Waals surface area contributed by atoms with E-state index in [1.54, 1.807) is 46.5 Å². The number of nitrogens with one attached hydrogen (secondary N) is 4. The lowest BCUT2D eigenvalue weighted by molar-refractivity contribution is -0.307. The number of hydrogen-bond acceptors (Lipinski definition) is 41. The van der Waals surface area contributed by atoms with Gasteiger partial charge in [-0.2, -0.15) is 0 Å². The Labute approximate surface area is 710 Å². The zero-order valence-electron chi connectivity index (χ0n) is 71.8. The molecule has 0 amide bonds. The Hall–Kier alpha value is -4.05. The van der Waals surface area contributed by atoms with Crippen molar-refractivity contribution in [2.24, 2.45) is 63.1 Å². The first-order valence-electron chi connectivity index (χ1n) is 42.6. The zero-order chi connectivity index (χ0) is 89.8. The molecular weight excluding hydrogens is 1610 g/mol. The zero-order valence-corrected chi connectivity index (χ0v) is 71.8. The van der Waals surface area contributed by atoms with E-state index in [-0.39, 0.29) is 91.9 Å². The van der Waals surface area contributed by atoms with Crippen LogP contribution in [0.3, 0.4) is 0 Å². The topological polar surface area (TPSA) is 702 Å². The number of aliphatic hydroxyl groups excluding tert-OH is 6. The monoisotopic (exact) mass is 1750 g/mol. The maximum absolute atomic E-state index is 15.0. The van der Waals surface area contributed by atoms with Crippen molar-refractivity contribution in [3.05, 3.63) is 33.9 Å². The molecule has 11 aliphatic rings. The quantitative estimate of drug-likeness (QED) is 0.0552. The van der Waals surface area contributed by atoms with Gasteiger partial charge in [0.05, 0.1) is 91.3 Å². The largest absolute Gasteiger partial charge is 0.487 e. The number of carboxylic acids is 1. The Morgan fingerprint density at radius 2 is 0.910 bits per heavy atom. The van der Waals surface area contributed by atoms with Crippen LogP contribution in [0.25, 0.3) is 10.9 Å². The summed E-state index contributed by atoms with van der Waals surface area (Å²) >= 11 is 0.